The van der Waals surface area contributed by atoms with Gasteiger partial charge in [0.2, 0.25) is 0 Å². The van der Waals surface area contributed by atoms with E-state index < -0.39 is 12.0 Å². The van der Waals surface area contributed by atoms with E-state index in [1.54, 1.807) is 0 Å². The van der Waals surface area contributed by atoms with Gasteiger partial charge in [-0.15, -0.1) is 0 Å². The largest absolute Gasteiger partial charge is 0.467 e. The lowest BCUT2D eigenvalue weighted by Gasteiger charge is -2.30. The first kappa shape index (κ1) is 23.1. The highest BCUT2D eigenvalue weighted by Gasteiger charge is 2.30. The molecule has 1 unspecified atom stereocenters. The van der Waals surface area contributed by atoms with E-state index in [0.29, 0.717) is 6.54 Å². The number of aldehydes is 1. The standard InChI is InChI=1S/C27H35NO3/c1-3-4-5-6-7-8-9-12-18-28(26(20-29)27(30)31-2)25-17-13-16-23-22-15-11-10-14-21(22)19-24(23)25/h10-11,13-17,20,26H,3-9,12,18-19H2,1-2H3. The van der Waals surface area contributed by atoms with Crippen molar-refractivity contribution in [2.75, 3.05) is 18.6 Å². The Morgan fingerprint density at radius 2 is 1.65 bits per heavy atom. The van der Waals surface area contributed by atoms with Gasteiger partial charge in [-0.05, 0) is 34.7 Å². The molecule has 1 atom stereocenters. The second kappa shape index (κ2) is 11.7. The maximum absolute atomic E-state index is 12.4. The van der Waals surface area contributed by atoms with Crippen molar-refractivity contribution in [3.05, 3.63) is 53.6 Å². The monoisotopic (exact) mass is 421 g/mol. The van der Waals surface area contributed by atoms with E-state index in [9.17, 15) is 9.59 Å². The van der Waals surface area contributed by atoms with Gasteiger partial charge in [-0.25, -0.2) is 4.79 Å². The van der Waals surface area contributed by atoms with Gasteiger partial charge in [-0.3, -0.25) is 0 Å². The van der Waals surface area contributed by atoms with E-state index in [4.69, 9.17) is 4.74 Å². The molecule has 4 heteroatoms. The summed E-state index contributed by atoms with van der Waals surface area (Å²) in [5, 5.41) is 0. The fourth-order valence-electron chi connectivity index (χ4n) is 4.61. The van der Waals surface area contributed by atoms with Gasteiger partial charge in [-0.1, -0.05) is 88.3 Å². The molecule has 0 saturated carbocycles. The number of unbranched alkanes of at least 4 members (excludes halogenated alkanes) is 7. The van der Waals surface area contributed by atoms with Crippen LogP contribution in [0.2, 0.25) is 0 Å². The zero-order valence-electron chi connectivity index (χ0n) is 18.9. The molecule has 2 aromatic carbocycles. The summed E-state index contributed by atoms with van der Waals surface area (Å²) >= 11 is 0. The molecule has 1 aliphatic rings. The highest BCUT2D eigenvalue weighted by Crippen LogP contribution is 2.41. The average molecular weight is 422 g/mol. The third kappa shape index (κ3) is 5.55. The minimum absolute atomic E-state index is 0.498. The molecule has 1 aliphatic carbocycles. The number of methoxy groups -OCH3 is 1. The van der Waals surface area contributed by atoms with Gasteiger partial charge in [0.05, 0.1) is 7.11 Å². The van der Waals surface area contributed by atoms with Crippen molar-refractivity contribution in [1.29, 1.82) is 0 Å². The Morgan fingerprint density at radius 3 is 2.35 bits per heavy atom. The number of carbonyl (C=O) groups is 2. The molecule has 0 amide bonds. The van der Waals surface area contributed by atoms with Gasteiger partial charge in [0.1, 0.15) is 0 Å². The Bertz CT molecular complexity index is 877. The molecule has 0 heterocycles. The van der Waals surface area contributed by atoms with Crippen LogP contribution in [0.15, 0.2) is 42.5 Å². The van der Waals surface area contributed by atoms with Crippen LogP contribution in [0.4, 0.5) is 5.69 Å². The van der Waals surface area contributed by atoms with E-state index in [0.717, 1.165) is 31.2 Å². The summed E-state index contributed by atoms with van der Waals surface area (Å²) in [5.41, 5.74) is 5.89. The molecule has 0 spiro atoms. The summed E-state index contributed by atoms with van der Waals surface area (Å²) < 4.78 is 4.96. The first-order valence-electron chi connectivity index (χ1n) is 11.7. The van der Waals surface area contributed by atoms with E-state index in [-0.39, 0.29) is 0 Å². The number of carbonyl (C=O) groups excluding carboxylic acids is 2. The number of benzene rings is 2. The van der Waals surface area contributed by atoms with Gasteiger partial charge in [0, 0.05) is 18.7 Å². The normalized spacial score (nSPS) is 12.7. The molecular weight excluding hydrogens is 386 g/mol. The van der Waals surface area contributed by atoms with Crippen LogP contribution in [-0.4, -0.2) is 32.0 Å². The molecule has 0 aromatic heterocycles. The third-order valence-electron chi connectivity index (χ3n) is 6.30. The summed E-state index contributed by atoms with van der Waals surface area (Å²) in [7, 11) is 1.35. The number of anilines is 1. The van der Waals surface area contributed by atoms with Crippen molar-refractivity contribution >= 4 is 17.9 Å². The molecule has 3 rings (SSSR count). The average Bonchev–Trinajstić information content (AvgIpc) is 3.19. The van der Waals surface area contributed by atoms with Gasteiger partial charge in [-0.2, -0.15) is 0 Å². The summed E-state index contributed by atoms with van der Waals surface area (Å²) in [6, 6.07) is 13.7. The number of hydrogen-bond donors (Lipinski definition) is 0. The van der Waals surface area contributed by atoms with Gasteiger partial charge in [0.15, 0.2) is 12.3 Å². The van der Waals surface area contributed by atoms with Crippen LogP contribution in [0.5, 0.6) is 0 Å². The van der Waals surface area contributed by atoms with Gasteiger partial charge >= 0.3 is 5.97 Å². The lowest BCUT2D eigenvalue weighted by molar-refractivity contribution is -0.143. The first-order valence-corrected chi connectivity index (χ1v) is 11.7. The van der Waals surface area contributed by atoms with Crippen LogP contribution in [-0.2, 0) is 20.7 Å². The molecule has 31 heavy (non-hydrogen) atoms. The SMILES string of the molecule is CCCCCCCCCCN(c1cccc2c1Cc1ccccc1-2)C(C=O)C(=O)OC. The first-order chi connectivity index (χ1) is 15.2. The second-order valence-corrected chi connectivity index (χ2v) is 8.41. The number of nitrogens with zero attached hydrogens (tertiary/aromatic N) is 1. The Balaban J connectivity index is 1.75. The molecule has 4 nitrogen and oxygen atoms in total. The van der Waals surface area contributed by atoms with Crippen molar-refractivity contribution in [3.8, 4) is 11.1 Å². The number of rotatable bonds is 13. The summed E-state index contributed by atoms with van der Waals surface area (Å²) in [6.07, 6.45) is 11.2. The number of hydrogen-bond acceptors (Lipinski definition) is 4. The number of esters is 1. The molecule has 0 radical (unpaired) electrons. The van der Waals surface area contributed by atoms with Crippen molar-refractivity contribution in [2.45, 2.75) is 70.8 Å². The van der Waals surface area contributed by atoms with Crippen molar-refractivity contribution < 1.29 is 14.3 Å². The Kier molecular flexibility index (Phi) is 8.69. The molecule has 0 saturated heterocycles. The minimum atomic E-state index is -0.912. The van der Waals surface area contributed by atoms with E-state index in [2.05, 4.69) is 37.3 Å². The Morgan fingerprint density at radius 1 is 0.968 bits per heavy atom. The molecule has 166 valence electrons. The van der Waals surface area contributed by atoms with Crippen LogP contribution in [0, 0.1) is 0 Å². The second-order valence-electron chi connectivity index (χ2n) is 8.41. The highest BCUT2D eigenvalue weighted by atomic mass is 16.5. The fraction of sp³-hybridized carbons (Fsp3) is 0.481. The molecule has 2 aromatic rings. The van der Waals surface area contributed by atoms with Crippen LogP contribution in [0.1, 0.15) is 69.4 Å². The van der Waals surface area contributed by atoms with Gasteiger partial charge in [0.25, 0.3) is 0 Å². The van der Waals surface area contributed by atoms with Gasteiger partial charge < -0.3 is 14.4 Å². The Labute approximate surface area is 186 Å². The molecular formula is C27H35NO3. The summed E-state index contributed by atoms with van der Waals surface area (Å²) in [6.45, 7) is 2.90. The third-order valence-corrected chi connectivity index (χ3v) is 6.30. The Hall–Kier alpha value is -2.62. The van der Waals surface area contributed by atoms with Crippen LogP contribution in [0.25, 0.3) is 11.1 Å². The zero-order chi connectivity index (χ0) is 22.1. The number of ether oxygens (including phenoxy) is 1. The zero-order valence-corrected chi connectivity index (χ0v) is 18.9. The van der Waals surface area contributed by atoms with E-state index in [1.165, 1.54) is 67.9 Å². The minimum Gasteiger partial charge on any atom is -0.467 e. The van der Waals surface area contributed by atoms with E-state index >= 15 is 0 Å². The van der Waals surface area contributed by atoms with Crippen LogP contribution >= 0.6 is 0 Å². The maximum atomic E-state index is 12.4. The molecule has 0 aliphatic heterocycles. The quantitative estimate of drug-likeness (QED) is 0.148. The lowest BCUT2D eigenvalue weighted by Crippen LogP contribution is -2.44. The predicted octanol–water partition coefficient (Wildman–Crippen LogP) is 5.95. The predicted molar refractivity (Wildman–Crippen MR) is 127 cm³/mol. The topological polar surface area (TPSA) is 46.6 Å². The van der Waals surface area contributed by atoms with Crippen molar-refractivity contribution in [2.24, 2.45) is 0 Å². The molecule has 0 bridgehead atoms. The van der Waals surface area contributed by atoms with Crippen LogP contribution in [0.3, 0.4) is 0 Å². The summed E-state index contributed by atoms with van der Waals surface area (Å²) in [4.78, 5) is 26.3. The smallest absolute Gasteiger partial charge is 0.336 e. The lowest BCUT2D eigenvalue weighted by atomic mass is 10.0. The van der Waals surface area contributed by atoms with Crippen molar-refractivity contribution in [1.82, 2.24) is 0 Å². The van der Waals surface area contributed by atoms with Crippen LogP contribution < -0.4 is 4.90 Å². The number of fused-ring (bicyclic) bond motifs is 3. The fourth-order valence-corrected chi connectivity index (χ4v) is 4.61. The highest BCUT2D eigenvalue weighted by molar-refractivity contribution is 5.97. The molecule has 0 fully saturated rings. The maximum Gasteiger partial charge on any atom is 0.336 e. The summed E-state index contributed by atoms with van der Waals surface area (Å²) in [5.74, 6) is -0.498. The van der Waals surface area contributed by atoms with Crippen molar-refractivity contribution in [3.63, 3.8) is 0 Å². The van der Waals surface area contributed by atoms with E-state index in [1.807, 2.05) is 17.0 Å². The molecule has 0 N–H and O–H groups in total.